The molecule has 0 unspecified atom stereocenters. The molecule has 2 saturated heterocycles. The van der Waals surface area contributed by atoms with E-state index in [9.17, 15) is 14.4 Å². The lowest BCUT2D eigenvalue weighted by Gasteiger charge is -2.35. The summed E-state index contributed by atoms with van der Waals surface area (Å²) >= 11 is 12.5. The van der Waals surface area contributed by atoms with Gasteiger partial charge < -0.3 is 14.4 Å². The lowest BCUT2D eigenvalue weighted by Crippen LogP contribution is -2.44. The number of ether oxygens (including phenoxy) is 2. The van der Waals surface area contributed by atoms with Crippen LogP contribution in [0.1, 0.15) is 27.5 Å². The van der Waals surface area contributed by atoms with Gasteiger partial charge in [0, 0.05) is 16.8 Å². The van der Waals surface area contributed by atoms with Gasteiger partial charge in [-0.05, 0) is 53.6 Å². The van der Waals surface area contributed by atoms with Crippen molar-refractivity contribution in [2.45, 2.75) is 12.1 Å². The van der Waals surface area contributed by atoms with Crippen molar-refractivity contribution in [2.24, 2.45) is 11.8 Å². The highest BCUT2D eigenvalue weighted by Crippen LogP contribution is 2.54. The molecule has 4 aliphatic rings. The molecule has 2 fully saturated rings. The molecule has 0 bridgehead atoms. The monoisotopic (exact) mass is 532 g/mol. The Bertz CT molecular complexity index is 1550. The standard InChI is InChI=1S/C28H18Cl2N2O5/c29-16-6-7-19(18(30)12-16)32-27(34)22-23(28(32)35)25(26(33)15-5-8-20-21(11-15)37-13-36-20)31-10-9-14-3-1-2-4-17(14)24(22)31/h1-12,22-25H,13H2/t22-,23+,24-,25-/m0/s1. The first-order chi connectivity index (χ1) is 17.9. The van der Waals surface area contributed by atoms with Crippen LogP contribution in [-0.2, 0) is 9.59 Å². The molecule has 4 atom stereocenters. The number of hydrogen-bond donors (Lipinski definition) is 0. The fourth-order valence-corrected chi connectivity index (χ4v) is 6.47. The summed E-state index contributed by atoms with van der Waals surface area (Å²) in [6.45, 7) is 0.0820. The molecular weight excluding hydrogens is 515 g/mol. The molecule has 7 nitrogen and oxygen atoms in total. The molecule has 4 heterocycles. The van der Waals surface area contributed by atoms with Crippen molar-refractivity contribution >= 4 is 52.6 Å². The summed E-state index contributed by atoms with van der Waals surface area (Å²) in [7, 11) is 0. The number of ketones is 1. The highest BCUT2D eigenvalue weighted by molar-refractivity contribution is 6.38. The van der Waals surface area contributed by atoms with Gasteiger partial charge in [-0.25, -0.2) is 4.90 Å². The van der Waals surface area contributed by atoms with Crippen molar-refractivity contribution in [2.75, 3.05) is 11.7 Å². The number of halogens is 2. The number of carbonyl (C=O) groups excluding carboxylic acids is 3. The third-order valence-electron chi connectivity index (χ3n) is 7.54. The van der Waals surface area contributed by atoms with Gasteiger partial charge in [-0.2, -0.15) is 0 Å². The van der Waals surface area contributed by atoms with E-state index in [1.807, 2.05) is 41.4 Å². The predicted molar refractivity (Wildman–Crippen MR) is 137 cm³/mol. The van der Waals surface area contributed by atoms with Crippen molar-refractivity contribution < 1.29 is 23.9 Å². The second-order valence-electron chi connectivity index (χ2n) is 9.37. The number of Topliss-reactive ketones (excluding diaryl/α,β-unsaturated/α-hetero) is 1. The Morgan fingerprint density at radius 3 is 2.51 bits per heavy atom. The van der Waals surface area contributed by atoms with Crippen LogP contribution in [0.25, 0.3) is 6.08 Å². The molecule has 0 N–H and O–H groups in total. The summed E-state index contributed by atoms with van der Waals surface area (Å²) in [5.41, 5.74) is 2.48. The number of carbonyl (C=O) groups is 3. The highest BCUT2D eigenvalue weighted by atomic mass is 35.5. The van der Waals surface area contributed by atoms with E-state index in [1.165, 1.54) is 6.07 Å². The molecule has 0 saturated carbocycles. The van der Waals surface area contributed by atoms with Gasteiger partial charge in [-0.15, -0.1) is 0 Å². The molecule has 2 amide bonds. The van der Waals surface area contributed by atoms with Crippen LogP contribution in [0, 0.1) is 11.8 Å². The van der Waals surface area contributed by atoms with E-state index in [2.05, 4.69) is 0 Å². The number of benzene rings is 3. The van der Waals surface area contributed by atoms with Crippen molar-refractivity contribution in [1.82, 2.24) is 4.90 Å². The first-order valence-electron chi connectivity index (χ1n) is 11.8. The Balaban J connectivity index is 1.37. The number of amides is 2. The number of hydrogen-bond acceptors (Lipinski definition) is 6. The molecule has 4 aliphatic heterocycles. The predicted octanol–water partition coefficient (Wildman–Crippen LogP) is 5.12. The molecule has 0 spiro atoms. The van der Waals surface area contributed by atoms with Gasteiger partial charge in [0.1, 0.15) is 6.04 Å². The van der Waals surface area contributed by atoms with Crippen LogP contribution in [0.2, 0.25) is 10.0 Å². The van der Waals surface area contributed by atoms with Gasteiger partial charge in [0.2, 0.25) is 18.6 Å². The van der Waals surface area contributed by atoms with Crippen molar-refractivity contribution in [3.63, 3.8) is 0 Å². The fourth-order valence-electron chi connectivity index (χ4n) is 5.98. The van der Waals surface area contributed by atoms with E-state index in [1.54, 1.807) is 30.3 Å². The molecule has 37 heavy (non-hydrogen) atoms. The molecular formula is C28H18Cl2N2O5. The SMILES string of the molecule is O=C(c1ccc2c(c1)OCO2)[C@@H]1[C@@H]2C(=O)N(c3ccc(Cl)cc3Cl)C(=O)[C@@H]2[C@@H]2c3ccccc3C=CN12. The topological polar surface area (TPSA) is 76.1 Å². The minimum Gasteiger partial charge on any atom is -0.454 e. The maximum Gasteiger partial charge on any atom is 0.240 e. The van der Waals surface area contributed by atoms with Crippen LogP contribution < -0.4 is 14.4 Å². The van der Waals surface area contributed by atoms with Gasteiger partial charge in [0.25, 0.3) is 0 Å². The summed E-state index contributed by atoms with van der Waals surface area (Å²) < 4.78 is 10.9. The molecule has 3 aromatic carbocycles. The Hall–Kier alpha value is -3.81. The van der Waals surface area contributed by atoms with Gasteiger partial charge >= 0.3 is 0 Å². The Kier molecular flexibility index (Phi) is 4.90. The van der Waals surface area contributed by atoms with Crippen LogP contribution in [-0.4, -0.2) is 35.3 Å². The van der Waals surface area contributed by atoms with Crippen molar-refractivity contribution in [1.29, 1.82) is 0 Å². The highest BCUT2D eigenvalue weighted by Gasteiger charge is 2.64. The zero-order valence-corrected chi connectivity index (χ0v) is 20.6. The zero-order chi connectivity index (χ0) is 25.4. The second-order valence-corrected chi connectivity index (χ2v) is 10.2. The smallest absolute Gasteiger partial charge is 0.240 e. The van der Waals surface area contributed by atoms with E-state index in [0.29, 0.717) is 22.1 Å². The van der Waals surface area contributed by atoms with Crippen LogP contribution in [0.15, 0.2) is 66.9 Å². The first-order valence-corrected chi connectivity index (χ1v) is 12.5. The normalized spacial score (nSPS) is 24.8. The largest absolute Gasteiger partial charge is 0.454 e. The molecule has 0 aromatic heterocycles. The molecule has 7 rings (SSSR count). The number of rotatable bonds is 3. The molecule has 9 heteroatoms. The van der Waals surface area contributed by atoms with E-state index >= 15 is 0 Å². The minimum atomic E-state index is -0.905. The van der Waals surface area contributed by atoms with E-state index in [0.717, 1.165) is 16.0 Å². The quantitative estimate of drug-likeness (QED) is 0.344. The average Bonchev–Trinajstić information content (AvgIpc) is 3.57. The summed E-state index contributed by atoms with van der Waals surface area (Å²) in [6, 6.07) is 15.9. The van der Waals surface area contributed by atoms with Crippen molar-refractivity contribution in [3.05, 3.63) is 93.6 Å². The number of nitrogens with zero attached hydrogens (tertiary/aromatic N) is 2. The average molecular weight is 533 g/mol. The number of imide groups is 1. The minimum absolute atomic E-state index is 0.0820. The maximum atomic E-state index is 14.1. The van der Waals surface area contributed by atoms with Gasteiger partial charge in [-0.3, -0.25) is 14.4 Å². The zero-order valence-electron chi connectivity index (χ0n) is 19.1. The lowest BCUT2D eigenvalue weighted by atomic mass is 9.83. The fraction of sp³-hybridized carbons (Fsp3) is 0.179. The van der Waals surface area contributed by atoms with E-state index in [-0.39, 0.29) is 29.2 Å². The van der Waals surface area contributed by atoms with E-state index < -0.39 is 29.8 Å². The summed E-state index contributed by atoms with van der Waals surface area (Å²) in [5, 5.41) is 0.579. The second kappa shape index (κ2) is 8.10. The molecule has 3 aromatic rings. The Morgan fingerprint density at radius 1 is 0.892 bits per heavy atom. The lowest BCUT2D eigenvalue weighted by molar-refractivity contribution is -0.123. The number of anilines is 1. The third kappa shape index (κ3) is 3.17. The Labute approximate surface area is 221 Å². The molecule has 0 radical (unpaired) electrons. The van der Waals surface area contributed by atoms with Crippen LogP contribution >= 0.6 is 23.2 Å². The van der Waals surface area contributed by atoms with Gasteiger partial charge in [0.05, 0.1) is 28.6 Å². The van der Waals surface area contributed by atoms with Crippen LogP contribution in [0.5, 0.6) is 11.5 Å². The molecule has 184 valence electrons. The van der Waals surface area contributed by atoms with Gasteiger partial charge in [-0.1, -0.05) is 47.5 Å². The summed E-state index contributed by atoms with van der Waals surface area (Å²) in [4.78, 5) is 45.0. The van der Waals surface area contributed by atoms with E-state index in [4.69, 9.17) is 32.7 Å². The molecule has 0 aliphatic carbocycles. The third-order valence-corrected chi connectivity index (χ3v) is 8.08. The maximum absolute atomic E-state index is 14.1. The van der Waals surface area contributed by atoms with Crippen LogP contribution in [0.3, 0.4) is 0 Å². The summed E-state index contributed by atoms with van der Waals surface area (Å²) in [6.07, 6.45) is 3.73. The van der Waals surface area contributed by atoms with Crippen molar-refractivity contribution in [3.8, 4) is 11.5 Å². The first kappa shape index (κ1) is 22.4. The number of fused-ring (bicyclic) bond motifs is 6. The van der Waals surface area contributed by atoms with Crippen LogP contribution in [0.4, 0.5) is 5.69 Å². The Morgan fingerprint density at radius 2 is 1.68 bits per heavy atom. The van der Waals surface area contributed by atoms with Gasteiger partial charge in [0.15, 0.2) is 17.3 Å². The summed E-state index contributed by atoms with van der Waals surface area (Å²) in [5.74, 6) is -1.77.